The highest BCUT2D eigenvalue weighted by Gasteiger charge is 2.51. The van der Waals surface area contributed by atoms with E-state index in [0.717, 1.165) is 25.0 Å². The predicted octanol–water partition coefficient (Wildman–Crippen LogP) is 3.27. The van der Waals surface area contributed by atoms with E-state index in [2.05, 4.69) is 32.6 Å². The summed E-state index contributed by atoms with van der Waals surface area (Å²) in [7, 11) is 0. The maximum Gasteiger partial charge on any atom is 0.125 e. The molecule has 0 radical (unpaired) electrons. The minimum absolute atomic E-state index is 0.0839. The lowest BCUT2D eigenvalue weighted by Crippen LogP contribution is -2.56. The normalized spacial score (nSPS) is 36.8. The largest absolute Gasteiger partial charge is 0.359 e. The van der Waals surface area contributed by atoms with Crippen LogP contribution in [0.3, 0.4) is 0 Å². The molecule has 0 aromatic heterocycles. The van der Waals surface area contributed by atoms with Crippen LogP contribution < -0.4 is 0 Å². The standard InChI is InChI=1S/C14H27NO/c1-11(2)13-7-5-6-8-14(13)15(12(3)4)9-10-16-14/h11-13H,5-10H2,1-4H3. The smallest absolute Gasteiger partial charge is 0.125 e. The number of ether oxygens (including phenoxy) is 1. The number of nitrogens with zero attached hydrogens (tertiary/aromatic N) is 1. The number of hydrogen-bond donors (Lipinski definition) is 0. The average molecular weight is 225 g/mol. The van der Waals surface area contributed by atoms with Crippen molar-refractivity contribution >= 4 is 0 Å². The van der Waals surface area contributed by atoms with Crippen molar-refractivity contribution in [2.24, 2.45) is 11.8 Å². The highest BCUT2D eigenvalue weighted by atomic mass is 16.5. The van der Waals surface area contributed by atoms with Gasteiger partial charge < -0.3 is 4.74 Å². The van der Waals surface area contributed by atoms with E-state index in [0.29, 0.717) is 6.04 Å². The van der Waals surface area contributed by atoms with Crippen molar-refractivity contribution in [3.05, 3.63) is 0 Å². The van der Waals surface area contributed by atoms with Crippen LogP contribution in [0.5, 0.6) is 0 Å². The van der Waals surface area contributed by atoms with Crippen LogP contribution in [0, 0.1) is 11.8 Å². The number of hydrogen-bond acceptors (Lipinski definition) is 2. The van der Waals surface area contributed by atoms with Crippen molar-refractivity contribution in [2.45, 2.75) is 65.1 Å². The fourth-order valence-electron chi connectivity index (χ4n) is 3.83. The first-order valence-electron chi connectivity index (χ1n) is 6.98. The third kappa shape index (κ3) is 1.91. The quantitative estimate of drug-likeness (QED) is 0.715. The highest BCUT2D eigenvalue weighted by Crippen LogP contribution is 2.46. The molecule has 16 heavy (non-hydrogen) atoms. The molecule has 1 aliphatic heterocycles. The molecule has 1 aliphatic carbocycles. The van der Waals surface area contributed by atoms with Gasteiger partial charge in [-0.25, -0.2) is 0 Å². The molecule has 1 saturated carbocycles. The van der Waals surface area contributed by atoms with Crippen LogP contribution >= 0.6 is 0 Å². The van der Waals surface area contributed by atoms with Crippen molar-refractivity contribution in [2.75, 3.05) is 13.2 Å². The molecular weight excluding hydrogens is 198 g/mol. The van der Waals surface area contributed by atoms with E-state index in [1.807, 2.05) is 0 Å². The zero-order valence-corrected chi connectivity index (χ0v) is 11.3. The van der Waals surface area contributed by atoms with Crippen molar-refractivity contribution < 1.29 is 4.74 Å². The highest BCUT2D eigenvalue weighted by molar-refractivity contribution is 4.97. The maximum atomic E-state index is 6.26. The second-order valence-electron chi connectivity index (χ2n) is 6.08. The van der Waals surface area contributed by atoms with Gasteiger partial charge in [-0.3, -0.25) is 4.90 Å². The fraction of sp³-hybridized carbons (Fsp3) is 1.00. The molecule has 0 amide bonds. The van der Waals surface area contributed by atoms with Gasteiger partial charge >= 0.3 is 0 Å². The molecule has 1 saturated heterocycles. The van der Waals surface area contributed by atoms with Gasteiger partial charge in [-0.1, -0.05) is 20.3 Å². The molecule has 2 rings (SSSR count). The summed E-state index contributed by atoms with van der Waals surface area (Å²) in [5.41, 5.74) is 0.0839. The molecule has 94 valence electrons. The molecule has 2 nitrogen and oxygen atoms in total. The Bertz CT molecular complexity index is 239. The molecule has 0 N–H and O–H groups in total. The van der Waals surface area contributed by atoms with E-state index in [-0.39, 0.29) is 5.72 Å². The second kappa shape index (κ2) is 4.66. The van der Waals surface area contributed by atoms with Crippen LogP contribution in [0.1, 0.15) is 53.4 Å². The zero-order chi connectivity index (χ0) is 11.8. The van der Waals surface area contributed by atoms with Gasteiger partial charge in [-0.05, 0) is 39.0 Å². The summed E-state index contributed by atoms with van der Waals surface area (Å²) >= 11 is 0. The summed E-state index contributed by atoms with van der Waals surface area (Å²) < 4.78 is 6.26. The number of rotatable bonds is 2. The summed E-state index contributed by atoms with van der Waals surface area (Å²) in [4.78, 5) is 2.62. The van der Waals surface area contributed by atoms with E-state index in [1.54, 1.807) is 0 Å². The molecule has 0 aromatic carbocycles. The Morgan fingerprint density at radius 3 is 2.56 bits per heavy atom. The SMILES string of the molecule is CC(C)C1CCCCC12OCCN2C(C)C. The van der Waals surface area contributed by atoms with E-state index in [1.165, 1.54) is 25.7 Å². The van der Waals surface area contributed by atoms with Crippen LogP contribution in [0.25, 0.3) is 0 Å². The zero-order valence-electron chi connectivity index (χ0n) is 11.3. The molecule has 2 heteroatoms. The Balaban J connectivity index is 2.24. The Hall–Kier alpha value is -0.0800. The van der Waals surface area contributed by atoms with E-state index < -0.39 is 0 Å². The molecule has 1 heterocycles. The first-order valence-corrected chi connectivity index (χ1v) is 6.98. The van der Waals surface area contributed by atoms with E-state index in [4.69, 9.17) is 4.74 Å². The van der Waals surface area contributed by atoms with Crippen LogP contribution in [-0.2, 0) is 4.74 Å². The Morgan fingerprint density at radius 2 is 1.94 bits per heavy atom. The van der Waals surface area contributed by atoms with Gasteiger partial charge in [0.05, 0.1) is 6.61 Å². The summed E-state index contributed by atoms with van der Waals surface area (Å²) in [6, 6.07) is 0.613. The predicted molar refractivity (Wildman–Crippen MR) is 67.3 cm³/mol. The van der Waals surface area contributed by atoms with Crippen molar-refractivity contribution in [3.63, 3.8) is 0 Å². The summed E-state index contributed by atoms with van der Waals surface area (Å²) in [6.45, 7) is 11.4. The Labute approximate surface area is 100 Å². The maximum absolute atomic E-state index is 6.26. The van der Waals surface area contributed by atoms with Crippen LogP contribution in [0.4, 0.5) is 0 Å². The van der Waals surface area contributed by atoms with E-state index >= 15 is 0 Å². The molecule has 1 spiro atoms. The third-order valence-electron chi connectivity index (χ3n) is 4.48. The van der Waals surface area contributed by atoms with Crippen molar-refractivity contribution in [3.8, 4) is 0 Å². The molecule has 2 unspecified atom stereocenters. The first-order chi connectivity index (χ1) is 7.58. The van der Waals surface area contributed by atoms with Crippen LogP contribution in [0.15, 0.2) is 0 Å². The monoisotopic (exact) mass is 225 g/mol. The van der Waals surface area contributed by atoms with Crippen LogP contribution in [-0.4, -0.2) is 29.8 Å². The summed E-state index contributed by atoms with van der Waals surface area (Å²) in [5.74, 6) is 1.46. The molecule has 2 atom stereocenters. The molecule has 0 bridgehead atoms. The van der Waals surface area contributed by atoms with Crippen molar-refractivity contribution in [1.29, 1.82) is 0 Å². The fourth-order valence-corrected chi connectivity index (χ4v) is 3.83. The summed E-state index contributed by atoms with van der Waals surface area (Å²) in [5, 5.41) is 0. The lowest BCUT2D eigenvalue weighted by atomic mass is 9.74. The molecular formula is C14H27NO. The van der Waals surface area contributed by atoms with Gasteiger partial charge in [0.1, 0.15) is 5.72 Å². The van der Waals surface area contributed by atoms with Gasteiger partial charge in [0.25, 0.3) is 0 Å². The lowest BCUT2D eigenvalue weighted by molar-refractivity contribution is -0.167. The van der Waals surface area contributed by atoms with Gasteiger partial charge in [0.2, 0.25) is 0 Å². The Morgan fingerprint density at radius 1 is 1.19 bits per heavy atom. The first kappa shape index (κ1) is 12.4. The average Bonchev–Trinajstić information content (AvgIpc) is 2.62. The van der Waals surface area contributed by atoms with Gasteiger partial charge in [0.15, 0.2) is 0 Å². The Kier molecular flexibility index (Phi) is 3.60. The topological polar surface area (TPSA) is 12.5 Å². The minimum atomic E-state index is 0.0839. The minimum Gasteiger partial charge on any atom is -0.359 e. The van der Waals surface area contributed by atoms with Gasteiger partial charge in [0, 0.05) is 18.5 Å². The summed E-state index contributed by atoms with van der Waals surface area (Å²) in [6.07, 6.45) is 5.32. The second-order valence-corrected chi connectivity index (χ2v) is 6.08. The van der Waals surface area contributed by atoms with E-state index in [9.17, 15) is 0 Å². The molecule has 2 aliphatic rings. The molecule has 2 fully saturated rings. The van der Waals surface area contributed by atoms with Gasteiger partial charge in [-0.2, -0.15) is 0 Å². The lowest BCUT2D eigenvalue weighted by Gasteiger charge is -2.49. The molecule has 0 aromatic rings. The third-order valence-corrected chi connectivity index (χ3v) is 4.48. The van der Waals surface area contributed by atoms with Crippen LogP contribution in [0.2, 0.25) is 0 Å². The van der Waals surface area contributed by atoms with Gasteiger partial charge in [-0.15, -0.1) is 0 Å². The van der Waals surface area contributed by atoms with Crippen molar-refractivity contribution in [1.82, 2.24) is 4.90 Å².